The number of amides is 1. The molecule has 24 heavy (non-hydrogen) atoms. The molecule has 0 radical (unpaired) electrons. The minimum Gasteiger partial charge on any atom is -0.378 e. The zero-order valence-corrected chi connectivity index (χ0v) is 14.3. The van der Waals surface area contributed by atoms with E-state index in [2.05, 4.69) is 34.5 Å². The third-order valence-corrected chi connectivity index (χ3v) is 5.82. The van der Waals surface area contributed by atoms with Crippen molar-refractivity contribution in [1.29, 1.82) is 0 Å². The molecule has 1 aromatic rings. The SMILES string of the molecule is O=C(CN1CCC2(CC1)NCCc1ccccc12)N1CCOCC1. The standard InChI is InChI=1S/C19H27N3O2/c23-18(22-11-13-24-14-12-22)15-21-9-6-19(7-10-21)17-4-2-1-3-16(17)5-8-20-19/h1-4,20H,5-15H2. The summed E-state index contributed by atoms with van der Waals surface area (Å²) in [5, 5.41) is 3.79. The molecule has 130 valence electrons. The highest BCUT2D eigenvalue weighted by Crippen LogP contribution is 2.37. The van der Waals surface area contributed by atoms with Crippen LogP contribution in [0, 0.1) is 0 Å². The minimum absolute atomic E-state index is 0.118. The van der Waals surface area contributed by atoms with Crippen LogP contribution in [0.3, 0.4) is 0 Å². The monoisotopic (exact) mass is 329 g/mol. The van der Waals surface area contributed by atoms with E-state index >= 15 is 0 Å². The van der Waals surface area contributed by atoms with Crippen LogP contribution >= 0.6 is 0 Å². The van der Waals surface area contributed by atoms with Gasteiger partial charge in [-0.3, -0.25) is 9.69 Å². The lowest BCUT2D eigenvalue weighted by Crippen LogP contribution is -2.55. The van der Waals surface area contributed by atoms with Crippen LogP contribution < -0.4 is 5.32 Å². The zero-order chi connectivity index (χ0) is 16.4. The van der Waals surface area contributed by atoms with E-state index in [4.69, 9.17) is 4.74 Å². The molecule has 0 aliphatic carbocycles. The molecule has 0 atom stereocenters. The van der Waals surface area contributed by atoms with E-state index in [1.165, 1.54) is 11.1 Å². The van der Waals surface area contributed by atoms with E-state index in [0.29, 0.717) is 19.8 Å². The molecule has 5 heteroatoms. The minimum atomic E-state index is 0.118. The Morgan fingerprint density at radius 1 is 1.12 bits per heavy atom. The van der Waals surface area contributed by atoms with Gasteiger partial charge in [0.1, 0.15) is 0 Å². The predicted molar refractivity (Wildman–Crippen MR) is 92.9 cm³/mol. The Labute approximate surface area is 144 Å². The second-order valence-electron chi connectivity index (χ2n) is 7.19. The largest absolute Gasteiger partial charge is 0.378 e. The summed E-state index contributed by atoms with van der Waals surface area (Å²) < 4.78 is 5.33. The fraction of sp³-hybridized carbons (Fsp3) is 0.632. The van der Waals surface area contributed by atoms with Crippen molar-refractivity contribution in [1.82, 2.24) is 15.1 Å². The Kier molecular flexibility index (Phi) is 4.57. The van der Waals surface area contributed by atoms with Crippen LogP contribution in [-0.2, 0) is 21.5 Å². The Morgan fingerprint density at radius 2 is 1.88 bits per heavy atom. The second kappa shape index (κ2) is 6.82. The summed E-state index contributed by atoms with van der Waals surface area (Å²) in [4.78, 5) is 16.7. The molecule has 1 N–H and O–H groups in total. The number of hydrogen-bond acceptors (Lipinski definition) is 4. The van der Waals surface area contributed by atoms with Crippen LogP contribution in [0.1, 0.15) is 24.0 Å². The molecule has 0 bridgehead atoms. The van der Waals surface area contributed by atoms with E-state index in [9.17, 15) is 4.79 Å². The first-order valence-corrected chi connectivity index (χ1v) is 9.18. The number of morpholine rings is 1. The van der Waals surface area contributed by atoms with Crippen LogP contribution in [0.15, 0.2) is 24.3 Å². The first kappa shape index (κ1) is 16.1. The molecule has 4 rings (SSSR count). The van der Waals surface area contributed by atoms with Gasteiger partial charge < -0.3 is 15.0 Å². The molecular formula is C19H27N3O2. The van der Waals surface area contributed by atoms with E-state index in [0.717, 1.165) is 52.0 Å². The van der Waals surface area contributed by atoms with E-state index < -0.39 is 0 Å². The van der Waals surface area contributed by atoms with Gasteiger partial charge in [-0.1, -0.05) is 24.3 Å². The number of nitrogens with zero attached hydrogens (tertiary/aromatic N) is 2. The second-order valence-corrected chi connectivity index (χ2v) is 7.19. The molecule has 1 spiro atoms. The lowest BCUT2D eigenvalue weighted by molar-refractivity contribution is -0.137. The highest BCUT2D eigenvalue weighted by Gasteiger charge is 2.39. The molecule has 2 fully saturated rings. The van der Waals surface area contributed by atoms with Crippen LogP contribution in [0.4, 0.5) is 0 Å². The topological polar surface area (TPSA) is 44.8 Å². The summed E-state index contributed by atoms with van der Waals surface area (Å²) in [6, 6.07) is 8.86. The predicted octanol–water partition coefficient (Wildman–Crippen LogP) is 0.982. The van der Waals surface area contributed by atoms with Gasteiger partial charge in [0, 0.05) is 38.3 Å². The Bertz CT molecular complexity index is 590. The smallest absolute Gasteiger partial charge is 0.236 e. The number of rotatable bonds is 2. The van der Waals surface area contributed by atoms with E-state index in [1.54, 1.807) is 0 Å². The lowest BCUT2D eigenvalue weighted by Gasteiger charge is -2.46. The molecule has 0 unspecified atom stereocenters. The molecule has 3 aliphatic heterocycles. The number of carbonyl (C=O) groups is 1. The van der Waals surface area contributed by atoms with Gasteiger partial charge in [0.25, 0.3) is 0 Å². The van der Waals surface area contributed by atoms with Gasteiger partial charge >= 0.3 is 0 Å². The van der Waals surface area contributed by atoms with Crippen molar-refractivity contribution in [3.8, 4) is 0 Å². The Balaban J connectivity index is 1.38. The fourth-order valence-electron chi connectivity index (χ4n) is 4.38. The zero-order valence-electron chi connectivity index (χ0n) is 14.3. The van der Waals surface area contributed by atoms with Gasteiger partial charge in [-0.2, -0.15) is 0 Å². The maximum absolute atomic E-state index is 12.4. The molecule has 5 nitrogen and oxygen atoms in total. The number of carbonyl (C=O) groups excluding carboxylic acids is 1. The number of likely N-dealkylation sites (tertiary alicyclic amines) is 1. The summed E-state index contributed by atoms with van der Waals surface area (Å²) in [7, 11) is 0. The number of ether oxygens (including phenoxy) is 1. The molecular weight excluding hydrogens is 302 g/mol. The molecule has 0 saturated carbocycles. The van der Waals surface area contributed by atoms with Crippen molar-refractivity contribution in [2.24, 2.45) is 0 Å². The van der Waals surface area contributed by atoms with Crippen LogP contribution in [0.25, 0.3) is 0 Å². The van der Waals surface area contributed by atoms with E-state index in [-0.39, 0.29) is 11.4 Å². The highest BCUT2D eigenvalue weighted by molar-refractivity contribution is 5.78. The summed E-state index contributed by atoms with van der Waals surface area (Å²) in [5.74, 6) is 0.256. The maximum atomic E-state index is 12.4. The number of hydrogen-bond donors (Lipinski definition) is 1. The Morgan fingerprint density at radius 3 is 2.67 bits per heavy atom. The van der Waals surface area contributed by atoms with Crippen molar-refractivity contribution < 1.29 is 9.53 Å². The average Bonchev–Trinajstić information content (AvgIpc) is 2.65. The Hall–Kier alpha value is -1.43. The van der Waals surface area contributed by atoms with Crippen LogP contribution in [0.5, 0.6) is 0 Å². The number of benzene rings is 1. The molecule has 0 aromatic heterocycles. The van der Waals surface area contributed by atoms with Crippen molar-refractivity contribution in [3.05, 3.63) is 35.4 Å². The van der Waals surface area contributed by atoms with Crippen molar-refractivity contribution in [2.75, 3.05) is 52.5 Å². The molecule has 3 heterocycles. The number of fused-ring (bicyclic) bond motifs is 2. The molecule has 1 amide bonds. The van der Waals surface area contributed by atoms with Crippen molar-refractivity contribution in [3.63, 3.8) is 0 Å². The molecule has 2 saturated heterocycles. The number of piperidine rings is 1. The van der Waals surface area contributed by atoms with Gasteiger partial charge in [0.15, 0.2) is 0 Å². The highest BCUT2D eigenvalue weighted by atomic mass is 16.5. The van der Waals surface area contributed by atoms with Crippen molar-refractivity contribution >= 4 is 5.91 Å². The molecule has 3 aliphatic rings. The van der Waals surface area contributed by atoms with Gasteiger partial charge in [-0.05, 0) is 30.4 Å². The quantitative estimate of drug-likeness (QED) is 0.879. The van der Waals surface area contributed by atoms with Gasteiger partial charge in [0.05, 0.1) is 19.8 Å². The van der Waals surface area contributed by atoms with Gasteiger partial charge in [-0.15, -0.1) is 0 Å². The van der Waals surface area contributed by atoms with Crippen molar-refractivity contribution in [2.45, 2.75) is 24.8 Å². The maximum Gasteiger partial charge on any atom is 0.236 e. The average molecular weight is 329 g/mol. The van der Waals surface area contributed by atoms with E-state index in [1.807, 2.05) is 4.90 Å². The third-order valence-electron chi connectivity index (χ3n) is 5.82. The van der Waals surface area contributed by atoms with Crippen LogP contribution in [-0.4, -0.2) is 68.2 Å². The normalized spacial score (nSPS) is 23.9. The summed E-state index contributed by atoms with van der Waals surface area (Å²) in [5.41, 5.74) is 3.09. The first-order valence-electron chi connectivity index (χ1n) is 9.18. The number of nitrogens with one attached hydrogen (secondary N) is 1. The van der Waals surface area contributed by atoms with Crippen LogP contribution in [0.2, 0.25) is 0 Å². The third kappa shape index (κ3) is 3.08. The first-order chi connectivity index (χ1) is 11.8. The summed E-state index contributed by atoms with van der Waals surface area (Å²) in [6.45, 7) is 6.42. The molecule has 1 aromatic carbocycles. The fourth-order valence-corrected chi connectivity index (χ4v) is 4.38. The lowest BCUT2D eigenvalue weighted by atomic mass is 9.76. The summed E-state index contributed by atoms with van der Waals surface area (Å²) >= 11 is 0. The summed E-state index contributed by atoms with van der Waals surface area (Å²) in [6.07, 6.45) is 3.29. The van der Waals surface area contributed by atoms with Gasteiger partial charge in [-0.25, -0.2) is 0 Å². The van der Waals surface area contributed by atoms with Gasteiger partial charge in [0.2, 0.25) is 5.91 Å².